The lowest BCUT2D eigenvalue weighted by molar-refractivity contribution is -0.147. The first kappa shape index (κ1) is 18.3. The van der Waals surface area contributed by atoms with Gasteiger partial charge in [0.05, 0.1) is 18.6 Å². The fourth-order valence-corrected chi connectivity index (χ4v) is 3.36. The van der Waals surface area contributed by atoms with Gasteiger partial charge in [0.2, 0.25) is 11.8 Å². The van der Waals surface area contributed by atoms with Crippen molar-refractivity contribution in [1.29, 1.82) is 0 Å². The van der Waals surface area contributed by atoms with Crippen LogP contribution in [0.1, 0.15) is 45.2 Å². The number of carbonyl (C=O) groups is 2. The van der Waals surface area contributed by atoms with Crippen LogP contribution in [-0.2, 0) is 9.59 Å². The maximum Gasteiger partial charge on any atom is 0.227 e. The van der Waals surface area contributed by atoms with E-state index in [4.69, 9.17) is 4.74 Å². The Labute approximate surface area is 144 Å². The number of ether oxygens (including phenoxy) is 1. The van der Waals surface area contributed by atoms with E-state index >= 15 is 0 Å². The first-order valence-corrected chi connectivity index (χ1v) is 8.80. The molecule has 0 unspecified atom stereocenters. The number of piperidine rings is 1. The van der Waals surface area contributed by atoms with Gasteiger partial charge >= 0.3 is 0 Å². The zero-order chi connectivity index (χ0) is 17.7. The van der Waals surface area contributed by atoms with Crippen LogP contribution in [0.3, 0.4) is 0 Å². The quantitative estimate of drug-likeness (QED) is 0.805. The smallest absolute Gasteiger partial charge is 0.227 e. The summed E-state index contributed by atoms with van der Waals surface area (Å²) in [5.41, 5.74) is 0.996. The van der Waals surface area contributed by atoms with Crippen molar-refractivity contribution in [2.24, 2.45) is 5.92 Å². The fraction of sp³-hybridized carbons (Fsp3) is 0.579. The van der Waals surface area contributed by atoms with Gasteiger partial charge in [-0.1, -0.05) is 12.1 Å². The lowest BCUT2D eigenvalue weighted by Crippen LogP contribution is -2.48. The van der Waals surface area contributed by atoms with Crippen LogP contribution >= 0.6 is 0 Å². The second-order valence-corrected chi connectivity index (χ2v) is 6.12. The molecule has 0 bridgehead atoms. The summed E-state index contributed by atoms with van der Waals surface area (Å²) in [7, 11) is 1.82. The van der Waals surface area contributed by atoms with Crippen molar-refractivity contribution >= 4 is 11.8 Å². The van der Waals surface area contributed by atoms with Gasteiger partial charge in [-0.2, -0.15) is 0 Å². The predicted molar refractivity (Wildman–Crippen MR) is 93.8 cm³/mol. The molecule has 1 fully saturated rings. The van der Waals surface area contributed by atoms with Crippen molar-refractivity contribution in [3.05, 3.63) is 29.8 Å². The summed E-state index contributed by atoms with van der Waals surface area (Å²) in [6.07, 6.45) is 1.05. The summed E-state index contributed by atoms with van der Waals surface area (Å²) < 4.78 is 5.50. The van der Waals surface area contributed by atoms with Gasteiger partial charge in [0.1, 0.15) is 5.75 Å². The maximum absolute atomic E-state index is 12.8. The summed E-state index contributed by atoms with van der Waals surface area (Å²) in [5, 5.41) is 0. The number of benzene rings is 1. The number of likely N-dealkylation sites (tertiary alicyclic amines) is 1. The van der Waals surface area contributed by atoms with Crippen LogP contribution in [0.5, 0.6) is 5.75 Å². The molecule has 1 aromatic rings. The molecule has 1 aliphatic heterocycles. The van der Waals surface area contributed by atoms with Crippen LogP contribution in [-0.4, -0.2) is 48.4 Å². The van der Waals surface area contributed by atoms with Crippen LogP contribution in [0.25, 0.3) is 0 Å². The molecule has 1 heterocycles. The number of amides is 2. The maximum atomic E-state index is 12.8. The highest BCUT2D eigenvalue weighted by Gasteiger charge is 2.40. The van der Waals surface area contributed by atoms with E-state index in [2.05, 4.69) is 0 Å². The number of nitrogens with zero attached hydrogens (tertiary/aromatic N) is 2. The second-order valence-electron chi connectivity index (χ2n) is 6.12. The van der Waals surface area contributed by atoms with E-state index in [1.165, 1.54) is 0 Å². The molecule has 1 saturated heterocycles. The number of rotatable bonds is 6. The predicted octanol–water partition coefficient (Wildman–Crippen LogP) is 2.86. The van der Waals surface area contributed by atoms with Gasteiger partial charge in [-0.05, 0) is 44.9 Å². The van der Waals surface area contributed by atoms with Gasteiger partial charge in [-0.3, -0.25) is 9.59 Å². The van der Waals surface area contributed by atoms with Gasteiger partial charge < -0.3 is 14.5 Å². The zero-order valence-electron chi connectivity index (χ0n) is 15.1. The Hall–Kier alpha value is -2.04. The average molecular weight is 332 g/mol. The summed E-state index contributed by atoms with van der Waals surface area (Å²) in [4.78, 5) is 28.8. The molecule has 2 rings (SSSR count). The Morgan fingerprint density at radius 2 is 1.92 bits per heavy atom. The highest BCUT2D eigenvalue weighted by molar-refractivity contribution is 5.85. The molecule has 5 heteroatoms. The lowest BCUT2D eigenvalue weighted by Gasteiger charge is -2.41. The molecule has 2 amide bonds. The van der Waals surface area contributed by atoms with Gasteiger partial charge in [0, 0.05) is 26.6 Å². The summed E-state index contributed by atoms with van der Waals surface area (Å²) in [6.45, 7) is 7.78. The molecule has 132 valence electrons. The third-order valence-corrected chi connectivity index (χ3v) is 4.75. The van der Waals surface area contributed by atoms with Crippen LogP contribution in [0, 0.1) is 5.92 Å². The Balaban J connectivity index is 2.36. The van der Waals surface area contributed by atoms with Gasteiger partial charge in [0.15, 0.2) is 0 Å². The zero-order valence-corrected chi connectivity index (χ0v) is 15.1. The molecule has 5 nitrogen and oxygen atoms in total. The topological polar surface area (TPSA) is 49.9 Å². The average Bonchev–Trinajstić information content (AvgIpc) is 2.61. The molecular formula is C19H28N2O3. The largest absolute Gasteiger partial charge is 0.494 e. The van der Waals surface area contributed by atoms with Crippen LogP contribution in [0.15, 0.2) is 24.3 Å². The van der Waals surface area contributed by atoms with Gasteiger partial charge in [-0.25, -0.2) is 0 Å². The SMILES string of the molecule is CCOc1ccc([C@H]2[C@H](C(=O)N(C)CC)CCC(=O)N2CC)cc1. The molecule has 1 aromatic carbocycles. The molecule has 1 aliphatic rings. The van der Waals surface area contributed by atoms with Crippen molar-refractivity contribution in [3.63, 3.8) is 0 Å². The Morgan fingerprint density at radius 3 is 2.46 bits per heavy atom. The van der Waals surface area contributed by atoms with Crippen LogP contribution < -0.4 is 4.74 Å². The standard InChI is InChI=1S/C19H28N2O3/c1-5-20(4)19(23)16-12-13-17(22)21(6-2)18(16)14-8-10-15(11-9-14)24-7-3/h8-11,16,18H,5-7,12-13H2,1-4H3/t16-,18+/m1/s1. The fourth-order valence-electron chi connectivity index (χ4n) is 3.36. The van der Waals surface area contributed by atoms with Gasteiger partial charge in [0.25, 0.3) is 0 Å². The highest BCUT2D eigenvalue weighted by atomic mass is 16.5. The van der Waals surface area contributed by atoms with Crippen molar-refractivity contribution in [2.75, 3.05) is 26.7 Å². The third kappa shape index (κ3) is 3.71. The number of hydrogen-bond acceptors (Lipinski definition) is 3. The van der Waals surface area contributed by atoms with E-state index in [0.29, 0.717) is 32.5 Å². The minimum Gasteiger partial charge on any atom is -0.494 e. The summed E-state index contributed by atoms with van der Waals surface area (Å²) in [6, 6.07) is 7.58. The molecule has 0 saturated carbocycles. The van der Waals surface area contributed by atoms with Crippen molar-refractivity contribution < 1.29 is 14.3 Å². The Bertz CT molecular complexity index is 570. The first-order valence-electron chi connectivity index (χ1n) is 8.80. The highest BCUT2D eigenvalue weighted by Crippen LogP contribution is 2.38. The van der Waals surface area contributed by atoms with Crippen molar-refractivity contribution in [2.45, 2.75) is 39.7 Å². The molecule has 24 heavy (non-hydrogen) atoms. The molecule has 0 spiro atoms. The minimum absolute atomic E-state index is 0.113. The molecule has 0 aromatic heterocycles. The molecule has 0 radical (unpaired) electrons. The molecule has 2 atom stereocenters. The minimum atomic E-state index is -0.201. The van der Waals surface area contributed by atoms with E-state index in [1.54, 1.807) is 4.90 Å². The monoisotopic (exact) mass is 332 g/mol. The van der Waals surface area contributed by atoms with E-state index < -0.39 is 0 Å². The second kappa shape index (κ2) is 8.18. The van der Waals surface area contributed by atoms with E-state index in [-0.39, 0.29) is 23.8 Å². The Morgan fingerprint density at radius 1 is 1.25 bits per heavy atom. The van der Waals surface area contributed by atoms with E-state index in [0.717, 1.165) is 11.3 Å². The third-order valence-electron chi connectivity index (χ3n) is 4.75. The van der Waals surface area contributed by atoms with E-state index in [1.807, 2.05) is 57.0 Å². The van der Waals surface area contributed by atoms with Crippen molar-refractivity contribution in [1.82, 2.24) is 9.80 Å². The Kier molecular flexibility index (Phi) is 6.23. The van der Waals surface area contributed by atoms with E-state index in [9.17, 15) is 9.59 Å². The summed E-state index contributed by atoms with van der Waals surface area (Å²) in [5.74, 6) is 0.854. The lowest BCUT2D eigenvalue weighted by atomic mass is 9.83. The van der Waals surface area contributed by atoms with Crippen LogP contribution in [0.2, 0.25) is 0 Å². The van der Waals surface area contributed by atoms with Crippen molar-refractivity contribution in [3.8, 4) is 5.75 Å². The van der Waals surface area contributed by atoms with Crippen LogP contribution in [0.4, 0.5) is 0 Å². The number of hydrogen-bond donors (Lipinski definition) is 0. The molecular weight excluding hydrogens is 304 g/mol. The molecule has 0 aliphatic carbocycles. The normalized spacial score (nSPS) is 20.8. The number of carbonyl (C=O) groups excluding carboxylic acids is 2. The molecule has 0 N–H and O–H groups in total. The van der Waals surface area contributed by atoms with Gasteiger partial charge in [-0.15, -0.1) is 0 Å². The summed E-state index contributed by atoms with van der Waals surface area (Å²) >= 11 is 0. The first-order chi connectivity index (χ1) is 11.5.